The van der Waals surface area contributed by atoms with E-state index in [4.69, 9.17) is 11.6 Å². The summed E-state index contributed by atoms with van der Waals surface area (Å²) in [4.78, 5) is 0. The third-order valence-electron chi connectivity index (χ3n) is 3.77. The molecule has 0 bridgehead atoms. The number of hydrogen-bond acceptors (Lipinski definition) is 0. The molecule has 0 fully saturated rings. The molecule has 0 atom stereocenters. The molecule has 0 aliphatic heterocycles. The zero-order valence-corrected chi connectivity index (χ0v) is 13.0. The molecular formula is C20H17Cl. The van der Waals surface area contributed by atoms with Gasteiger partial charge in [-0.1, -0.05) is 71.8 Å². The van der Waals surface area contributed by atoms with E-state index in [1.54, 1.807) is 0 Å². The second-order valence-electron chi connectivity index (χ2n) is 5.37. The molecule has 3 rings (SSSR count). The summed E-state index contributed by atoms with van der Waals surface area (Å²) in [6, 6.07) is 23.2. The Labute approximate surface area is 131 Å². The smallest absolute Gasteiger partial charge is 0.0406 e. The molecule has 3 aromatic rings. The predicted molar refractivity (Wildman–Crippen MR) is 91.8 cm³/mol. The molecule has 0 spiro atoms. The van der Waals surface area contributed by atoms with Crippen LogP contribution < -0.4 is 0 Å². The van der Waals surface area contributed by atoms with Gasteiger partial charge in [0.05, 0.1) is 0 Å². The predicted octanol–water partition coefficient (Wildman–Crippen LogP) is 6.29. The largest absolute Gasteiger partial charge is 0.0843 e. The summed E-state index contributed by atoms with van der Waals surface area (Å²) in [5.41, 5.74) is 7.53. The molecule has 104 valence electrons. The van der Waals surface area contributed by atoms with Crippen LogP contribution in [0, 0.1) is 13.8 Å². The molecule has 0 saturated heterocycles. The molecular weight excluding hydrogens is 276 g/mol. The third kappa shape index (κ3) is 2.86. The van der Waals surface area contributed by atoms with E-state index in [-0.39, 0.29) is 0 Å². The van der Waals surface area contributed by atoms with Gasteiger partial charge >= 0.3 is 0 Å². The van der Waals surface area contributed by atoms with Crippen molar-refractivity contribution in [3.63, 3.8) is 0 Å². The van der Waals surface area contributed by atoms with Gasteiger partial charge in [0, 0.05) is 5.02 Å². The molecule has 0 N–H and O–H groups in total. The topological polar surface area (TPSA) is 0 Å². The number of benzene rings is 3. The highest BCUT2D eigenvalue weighted by molar-refractivity contribution is 6.30. The molecule has 0 radical (unpaired) electrons. The van der Waals surface area contributed by atoms with Crippen LogP contribution in [-0.2, 0) is 0 Å². The van der Waals surface area contributed by atoms with E-state index in [2.05, 4.69) is 68.4 Å². The van der Waals surface area contributed by atoms with E-state index in [1.807, 2.05) is 12.1 Å². The van der Waals surface area contributed by atoms with Gasteiger partial charge in [-0.2, -0.15) is 0 Å². The summed E-state index contributed by atoms with van der Waals surface area (Å²) < 4.78 is 0. The molecule has 21 heavy (non-hydrogen) atoms. The average Bonchev–Trinajstić information content (AvgIpc) is 2.49. The highest BCUT2D eigenvalue weighted by atomic mass is 35.5. The number of aryl methyl sites for hydroxylation is 2. The first-order valence-corrected chi connectivity index (χ1v) is 7.45. The van der Waals surface area contributed by atoms with Crippen LogP contribution >= 0.6 is 11.6 Å². The summed E-state index contributed by atoms with van der Waals surface area (Å²) in [7, 11) is 0. The van der Waals surface area contributed by atoms with Crippen molar-refractivity contribution in [2.45, 2.75) is 13.8 Å². The van der Waals surface area contributed by atoms with Gasteiger partial charge in [0.15, 0.2) is 0 Å². The van der Waals surface area contributed by atoms with Crippen molar-refractivity contribution in [1.82, 2.24) is 0 Å². The van der Waals surface area contributed by atoms with E-state index in [0.29, 0.717) is 0 Å². The van der Waals surface area contributed by atoms with Gasteiger partial charge in [0.1, 0.15) is 0 Å². The third-order valence-corrected chi connectivity index (χ3v) is 4.02. The van der Waals surface area contributed by atoms with Gasteiger partial charge < -0.3 is 0 Å². The average molecular weight is 293 g/mol. The van der Waals surface area contributed by atoms with E-state index < -0.39 is 0 Å². The maximum atomic E-state index is 6.01. The fraction of sp³-hybridized carbons (Fsp3) is 0.100. The molecule has 0 saturated carbocycles. The van der Waals surface area contributed by atoms with Crippen molar-refractivity contribution in [3.8, 4) is 22.3 Å². The Bertz CT molecular complexity index is 753. The first kappa shape index (κ1) is 13.9. The lowest BCUT2D eigenvalue weighted by Gasteiger charge is -2.14. The maximum Gasteiger partial charge on any atom is 0.0406 e. The normalized spacial score (nSPS) is 10.6. The Balaban J connectivity index is 2.20. The monoisotopic (exact) mass is 292 g/mol. The van der Waals surface area contributed by atoms with Gasteiger partial charge in [-0.05, 0) is 53.8 Å². The van der Waals surface area contributed by atoms with Crippen LogP contribution in [0.4, 0.5) is 0 Å². The second kappa shape index (κ2) is 5.75. The SMILES string of the molecule is Cc1ccc(-c2cccc(C)c2-c2ccc(Cl)cc2)cc1. The summed E-state index contributed by atoms with van der Waals surface area (Å²) >= 11 is 6.01. The van der Waals surface area contributed by atoms with Gasteiger partial charge in [0.25, 0.3) is 0 Å². The van der Waals surface area contributed by atoms with Crippen LogP contribution in [0.25, 0.3) is 22.3 Å². The van der Waals surface area contributed by atoms with Crippen LogP contribution in [0.15, 0.2) is 66.7 Å². The number of rotatable bonds is 2. The van der Waals surface area contributed by atoms with Crippen LogP contribution in [0.1, 0.15) is 11.1 Å². The Morgan fingerprint density at radius 1 is 0.667 bits per heavy atom. The maximum absolute atomic E-state index is 6.01. The van der Waals surface area contributed by atoms with Crippen LogP contribution in [-0.4, -0.2) is 0 Å². The molecule has 0 aromatic heterocycles. The van der Waals surface area contributed by atoms with Crippen molar-refractivity contribution in [2.24, 2.45) is 0 Å². The minimum atomic E-state index is 0.768. The van der Waals surface area contributed by atoms with Crippen molar-refractivity contribution < 1.29 is 0 Å². The van der Waals surface area contributed by atoms with Gasteiger partial charge in [-0.25, -0.2) is 0 Å². The highest BCUT2D eigenvalue weighted by Crippen LogP contribution is 2.35. The Morgan fingerprint density at radius 3 is 1.95 bits per heavy atom. The zero-order chi connectivity index (χ0) is 14.8. The standard InChI is InChI=1S/C20H17Cl/c1-14-6-8-16(9-7-14)19-5-3-4-15(2)20(19)17-10-12-18(21)13-11-17/h3-13H,1-2H3. The minimum Gasteiger partial charge on any atom is -0.0843 e. The van der Waals surface area contributed by atoms with Crippen molar-refractivity contribution >= 4 is 11.6 Å². The number of hydrogen-bond donors (Lipinski definition) is 0. The quantitative estimate of drug-likeness (QED) is 0.520. The van der Waals surface area contributed by atoms with Crippen molar-refractivity contribution in [1.29, 1.82) is 0 Å². The number of halogens is 1. The van der Waals surface area contributed by atoms with Gasteiger partial charge in [0.2, 0.25) is 0 Å². The fourth-order valence-corrected chi connectivity index (χ4v) is 2.77. The molecule has 0 unspecified atom stereocenters. The Morgan fingerprint density at radius 2 is 1.29 bits per heavy atom. The van der Waals surface area contributed by atoms with Crippen LogP contribution in [0.2, 0.25) is 5.02 Å². The lowest BCUT2D eigenvalue weighted by molar-refractivity contribution is 1.43. The van der Waals surface area contributed by atoms with E-state index in [0.717, 1.165) is 5.02 Å². The fourth-order valence-electron chi connectivity index (χ4n) is 2.64. The summed E-state index contributed by atoms with van der Waals surface area (Å²) in [6.07, 6.45) is 0. The van der Waals surface area contributed by atoms with E-state index in [9.17, 15) is 0 Å². The summed E-state index contributed by atoms with van der Waals surface area (Å²) in [5, 5.41) is 0.768. The van der Waals surface area contributed by atoms with Crippen molar-refractivity contribution in [2.75, 3.05) is 0 Å². The van der Waals surface area contributed by atoms with Crippen LogP contribution in [0.3, 0.4) is 0 Å². The molecule has 0 aliphatic rings. The molecule has 0 nitrogen and oxygen atoms in total. The zero-order valence-electron chi connectivity index (χ0n) is 12.2. The first-order valence-electron chi connectivity index (χ1n) is 7.08. The van der Waals surface area contributed by atoms with Gasteiger partial charge in [-0.15, -0.1) is 0 Å². The first-order chi connectivity index (χ1) is 10.1. The minimum absolute atomic E-state index is 0.768. The molecule has 0 heterocycles. The van der Waals surface area contributed by atoms with Crippen LogP contribution in [0.5, 0.6) is 0 Å². The summed E-state index contributed by atoms with van der Waals surface area (Å²) in [6.45, 7) is 4.27. The summed E-state index contributed by atoms with van der Waals surface area (Å²) in [5.74, 6) is 0. The second-order valence-corrected chi connectivity index (χ2v) is 5.81. The highest BCUT2D eigenvalue weighted by Gasteiger charge is 2.09. The Kier molecular flexibility index (Phi) is 3.81. The molecule has 0 amide bonds. The van der Waals surface area contributed by atoms with E-state index >= 15 is 0 Å². The van der Waals surface area contributed by atoms with E-state index in [1.165, 1.54) is 33.4 Å². The molecule has 3 aromatic carbocycles. The lowest BCUT2D eigenvalue weighted by atomic mass is 9.91. The lowest BCUT2D eigenvalue weighted by Crippen LogP contribution is -1.89. The Hall–Kier alpha value is -2.05. The van der Waals surface area contributed by atoms with Gasteiger partial charge in [-0.3, -0.25) is 0 Å². The van der Waals surface area contributed by atoms with Crippen molar-refractivity contribution in [3.05, 3.63) is 82.9 Å². The molecule has 0 aliphatic carbocycles. The molecule has 1 heteroatoms.